The van der Waals surface area contributed by atoms with Crippen molar-refractivity contribution in [3.05, 3.63) is 42.0 Å². The molecule has 0 aliphatic heterocycles. The maximum absolute atomic E-state index is 6.05. The Hall–Kier alpha value is -1.50. The summed E-state index contributed by atoms with van der Waals surface area (Å²) in [6, 6.07) is 6.22. The van der Waals surface area contributed by atoms with Crippen molar-refractivity contribution in [3.8, 4) is 0 Å². The van der Waals surface area contributed by atoms with Crippen molar-refractivity contribution in [2.45, 2.75) is 32.6 Å². The monoisotopic (exact) mass is 213 g/mol. The first-order chi connectivity index (χ1) is 7.68. The molecule has 0 amide bonds. The quantitative estimate of drug-likeness (QED) is 0.730. The molecule has 0 atom stereocenters. The van der Waals surface area contributed by atoms with E-state index in [2.05, 4.69) is 18.7 Å². The normalized spacial score (nSPS) is 15.7. The second-order valence-corrected chi connectivity index (χ2v) is 4.56. The average Bonchev–Trinajstić information content (AvgIpc) is 2.30. The largest absolute Gasteiger partial charge is 0.398 e. The van der Waals surface area contributed by atoms with Gasteiger partial charge in [0, 0.05) is 11.3 Å². The molecular weight excluding hydrogens is 194 g/mol. The van der Waals surface area contributed by atoms with E-state index in [9.17, 15) is 0 Å². The van der Waals surface area contributed by atoms with Crippen LogP contribution in [0.5, 0.6) is 0 Å². The van der Waals surface area contributed by atoms with Crippen LogP contribution in [0.15, 0.2) is 30.9 Å². The molecule has 1 aliphatic rings. The summed E-state index contributed by atoms with van der Waals surface area (Å²) >= 11 is 0. The van der Waals surface area contributed by atoms with E-state index in [-0.39, 0.29) is 0 Å². The van der Waals surface area contributed by atoms with Crippen LogP contribution in [0.1, 0.15) is 43.7 Å². The van der Waals surface area contributed by atoms with Crippen LogP contribution in [0, 0.1) is 0 Å². The van der Waals surface area contributed by atoms with Crippen LogP contribution in [0.3, 0.4) is 0 Å². The van der Waals surface area contributed by atoms with Gasteiger partial charge in [0.25, 0.3) is 0 Å². The lowest BCUT2D eigenvalue weighted by Crippen LogP contribution is -1.98. The number of hydrogen-bond acceptors (Lipinski definition) is 1. The fourth-order valence-electron chi connectivity index (χ4n) is 2.18. The van der Waals surface area contributed by atoms with E-state index in [1.165, 1.54) is 36.0 Å². The van der Waals surface area contributed by atoms with Crippen LogP contribution in [0.4, 0.5) is 5.69 Å². The number of allylic oxidation sites excluding steroid dienone is 3. The molecule has 0 saturated heterocycles. The van der Waals surface area contributed by atoms with Gasteiger partial charge in [-0.25, -0.2) is 0 Å². The molecule has 1 aliphatic carbocycles. The van der Waals surface area contributed by atoms with Crippen molar-refractivity contribution in [2.75, 3.05) is 5.73 Å². The SMILES string of the molecule is C=C(C)c1ccc(N)c(C2=CCCCC2)c1. The van der Waals surface area contributed by atoms with Gasteiger partial charge in [0.1, 0.15) is 0 Å². The highest BCUT2D eigenvalue weighted by molar-refractivity contribution is 5.78. The molecule has 1 aromatic rings. The third kappa shape index (κ3) is 2.19. The average molecular weight is 213 g/mol. The minimum Gasteiger partial charge on any atom is -0.398 e. The standard InChI is InChI=1S/C15H19N/c1-11(2)13-8-9-15(16)14(10-13)12-6-4-3-5-7-12/h6,8-10H,1,3-5,7,16H2,2H3. The van der Waals surface area contributed by atoms with Crippen LogP contribution in [-0.2, 0) is 0 Å². The lowest BCUT2D eigenvalue weighted by atomic mass is 9.91. The van der Waals surface area contributed by atoms with E-state index in [1.54, 1.807) is 0 Å². The van der Waals surface area contributed by atoms with Gasteiger partial charge in [0.2, 0.25) is 0 Å². The summed E-state index contributed by atoms with van der Waals surface area (Å²) in [4.78, 5) is 0. The van der Waals surface area contributed by atoms with Gasteiger partial charge in [-0.15, -0.1) is 0 Å². The Morgan fingerprint density at radius 1 is 1.31 bits per heavy atom. The lowest BCUT2D eigenvalue weighted by Gasteiger charge is -2.16. The number of benzene rings is 1. The van der Waals surface area contributed by atoms with Crippen molar-refractivity contribution in [3.63, 3.8) is 0 Å². The van der Waals surface area contributed by atoms with Crippen LogP contribution in [0.25, 0.3) is 11.1 Å². The van der Waals surface area contributed by atoms with Gasteiger partial charge < -0.3 is 5.73 Å². The number of anilines is 1. The maximum atomic E-state index is 6.05. The molecule has 0 fully saturated rings. The predicted octanol–water partition coefficient (Wildman–Crippen LogP) is 4.26. The fourth-order valence-corrected chi connectivity index (χ4v) is 2.18. The number of rotatable bonds is 2. The first-order valence-electron chi connectivity index (χ1n) is 5.93. The topological polar surface area (TPSA) is 26.0 Å². The summed E-state index contributed by atoms with van der Waals surface area (Å²) < 4.78 is 0. The van der Waals surface area contributed by atoms with Gasteiger partial charge >= 0.3 is 0 Å². The summed E-state index contributed by atoms with van der Waals surface area (Å²) in [7, 11) is 0. The smallest absolute Gasteiger partial charge is 0.0390 e. The molecule has 1 nitrogen and oxygen atoms in total. The first-order valence-corrected chi connectivity index (χ1v) is 5.93. The second-order valence-electron chi connectivity index (χ2n) is 4.56. The molecule has 0 heterocycles. The van der Waals surface area contributed by atoms with Crippen molar-refractivity contribution < 1.29 is 0 Å². The van der Waals surface area contributed by atoms with E-state index in [4.69, 9.17) is 5.73 Å². The second kappa shape index (κ2) is 4.56. The van der Waals surface area contributed by atoms with Crippen molar-refractivity contribution in [1.29, 1.82) is 0 Å². The molecule has 0 saturated carbocycles. The molecule has 1 heteroatoms. The molecule has 0 bridgehead atoms. The van der Waals surface area contributed by atoms with Gasteiger partial charge in [0.05, 0.1) is 0 Å². The first kappa shape index (κ1) is 11.0. The minimum atomic E-state index is 0.887. The third-order valence-corrected chi connectivity index (χ3v) is 3.18. The Labute approximate surface area is 97.7 Å². The highest BCUT2D eigenvalue weighted by Gasteiger charge is 2.10. The van der Waals surface area contributed by atoms with E-state index >= 15 is 0 Å². The number of hydrogen-bond donors (Lipinski definition) is 1. The number of nitrogens with two attached hydrogens (primary N) is 1. The molecule has 0 aromatic heterocycles. The lowest BCUT2D eigenvalue weighted by molar-refractivity contribution is 0.742. The molecule has 84 valence electrons. The van der Waals surface area contributed by atoms with Gasteiger partial charge in [-0.05, 0) is 55.9 Å². The molecule has 0 radical (unpaired) electrons. The van der Waals surface area contributed by atoms with Crippen molar-refractivity contribution >= 4 is 16.8 Å². The summed E-state index contributed by atoms with van der Waals surface area (Å²) in [6.45, 7) is 6.01. The van der Waals surface area contributed by atoms with E-state index in [0.717, 1.165) is 17.7 Å². The van der Waals surface area contributed by atoms with Crippen LogP contribution < -0.4 is 5.73 Å². The Bertz CT molecular complexity index is 441. The van der Waals surface area contributed by atoms with Crippen molar-refractivity contribution in [1.82, 2.24) is 0 Å². The molecule has 0 unspecified atom stereocenters. The maximum Gasteiger partial charge on any atom is 0.0390 e. The van der Waals surface area contributed by atoms with E-state index in [0.29, 0.717) is 0 Å². The van der Waals surface area contributed by atoms with Gasteiger partial charge in [-0.3, -0.25) is 0 Å². The molecule has 2 rings (SSSR count). The summed E-state index contributed by atoms with van der Waals surface area (Å²) in [5.74, 6) is 0. The van der Waals surface area contributed by atoms with E-state index in [1.807, 2.05) is 19.1 Å². The Balaban J connectivity index is 2.42. The van der Waals surface area contributed by atoms with Gasteiger partial charge in [-0.1, -0.05) is 24.3 Å². The van der Waals surface area contributed by atoms with Gasteiger partial charge in [-0.2, -0.15) is 0 Å². The highest BCUT2D eigenvalue weighted by Crippen LogP contribution is 2.31. The van der Waals surface area contributed by atoms with Crippen LogP contribution >= 0.6 is 0 Å². The van der Waals surface area contributed by atoms with Crippen molar-refractivity contribution in [2.24, 2.45) is 0 Å². The Morgan fingerprint density at radius 3 is 2.75 bits per heavy atom. The zero-order chi connectivity index (χ0) is 11.5. The minimum absolute atomic E-state index is 0.887. The predicted molar refractivity (Wildman–Crippen MR) is 72.0 cm³/mol. The molecule has 1 aromatic carbocycles. The Morgan fingerprint density at radius 2 is 2.12 bits per heavy atom. The third-order valence-electron chi connectivity index (χ3n) is 3.18. The summed E-state index contributed by atoms with van der Waals surface area (Å²) in [6.07, 6.45) is 7.26. The summed E-state index contributed by atoms with van der Waals surface area (Å²) in [5, 5.41) is 0. The zero-order valence-corrected chi connectivity index (χ0v) is 9.92. The van der Waals surface area contributed by atoms with Gasteiger partial charge in [0.15, 0.2) is 0 Å². The fraction of sp³-hybridized carbons (Fsp3) is 0.333. The summed E-state index contributed by atoms with van der Waals surface area (Å²) in [5.41, 5.74) is 11.8. The number of nitrogen functional groups attached to an aromatic ring is 1. The molecule has 0 spiro atoms. The molecule has 2 N–H and O–H groups in total. The van der Waals surface area contributed by atoms with Crippen LogP contribution in [-0.4, -0.2) is 0 Å². The molecular formula is C15H19N. The molecule has 16 heavy (non-hydrogen) atoms. The van der Waals surface area contributed by atoms with E-state index < -0.39 is 0 Å². The van der Waals surface area contributed by atoms with Crippen LogP contribution in [0.2, 0.25) is 0 Å². The Kier molecular flexibility index (Phi) is 3.14. The zero-order valence-electron chi connectivity index (χ0n) is 9.92. The highest BCUT2D eigenvalue weighted by atomic mass is 14.6.